The zero-order valence-corrected chi connectivity index (χ0v) is 9.09. The summed E-state index contributed by atoms with van der Waals surface area (Å²) in [6, 6.07) is 0. The van der Waals surface area contributed by atoms with Crippen LogP contribution >= 0.6 is 0 Å². The van der Waals surface area contributed by atoms with E-state index in [-0.39, 0.29) is 0 Å². The summed E-state index contributed by atoms with van der Waals surface area (Å²) in [4.78, 5) is 18.2. The van der Waals surface area contributed by atoms with Crippen molar-refractivity contribution in [2.75, 3.05) is 26.2 Å². The summed E-state index contributed by atoms with van der Waals surface area (Å²) in [5.74, 6) is 0. The Bertz CT molecular complexity index is 276. The lowest BCUT2D eigenvalue weighted by atomic mass is 10.2. The zero-order chi connectivity index (χ0) is 11.1. The minimum absolute atomic E-state index is 0.788. The van der Waals surface area contributed by atoms with Crippen LogP contribution in [0.5, 0.6) is 0 Å². The Labute approximate surface area is 90.6 Å². The lowest BCUT2D eigenvalue weighted by molar-refractivity contribution is -0.119. The smallest absolute Gasteiger partial charge is 0.209 e. The highest BCUT2D eigenvalue weighted by atomic mass is 16.1. The number of allylic oxidation sites excluding steroid dienone is 2. The molecule has 1 fully saturated rings. The average Bonchev–Trinajstić information content (AvgIpc) is 2.31. The van der Waals surface area contributed by atoms with Gasteiger partial charge in [0.2, 0.25) is 6.41 Å². The standard InChI is InChI=1S/C11H17N3O/c1-3-11(4-5-12-2)14-8-6-13(10-15)7-9-14/h3-5,10H,2,6-9H2,1H3/b5-4-,11-3+. The van der Waals surface area contributed by atoms with Gasteiger partial charge in [-0.15, -0.1) is 0 Å². The Hall–Kier alpha value is -1.58. The summed E-state index contributed by atoms with van der Waals surface area (Å²) in [6.07, 6.45) is 6.57. The predicted octanol–water partition coefficient (Wildman–Crippen LogP) is 0.878. The molecule has 0 bridgehead atoms. The highest BCUT2D eigenvalue weighted by molar-refractivity contribution is 5.47. The number of piperazine rings is 1. The molecule has 0 radical (unpaired) electrons. The summed E-state index contributed by atoms with van der Waals surface area (Å²) in [5, 5.41) is 0. The van der Waals surface area contributed by atoms with Crippen LogP contribution in [0.15, 0.2) is 29.0 Å². The first kappa shape index (κ1) is 11.5. The quantitative estimate of drug-likeness (QED) is 0.390. The van der Waals surface area contributed by atoms with Crippen molar-refractivity contribution in [2.24, 2.45) is 4.99 Å². The van der Waals surface area contributed by atoms with E-state index in [1.165, 1.54) is 0 Å². The molecule has 0 unspecified atom stereocenters. The van der Waals surface area contributed by atoms with Crippen molar-refractivity contribution in [3.05, 3.63) is 24.0 Å². The fourth-order valence-electron chi connectivity index (χ4n) is 1.60. The molecule has 0 saturated carbocycles. The minimum atomic E-state index is 0.788. The monoisotopic (exact) mass is 207 g/mol. The summed E-state index contributed by atoms with van der Waals surface area (Å²) in [5.41, 5.74) is 1.13. The van der Waals surface area contributed by atoms with E-state index in [9.17, 15) is 4.79 Å². The Kier molecular flexibility index (Phi) is 4.60. The number of carbonyl (C=O) groups excluding carboxylic acids is 1. The van der Waals surface area contributed by atoms with Gasteiger partial charge in [-0.05, 0) is 19.7 Å². The molecule has 1 saturated heterocycles. The van der Waals surface area contributed by atoms with E-state index in [4.69, 9.17) is 0 Å². The average molecular weight is 207 g/mol. The molecule has 1 amide bonds. The molecule has 1 aliphatic rings. The molecule has 0 aliphatic carbocycles. The summed E-state index contributed by atoms with van der Waals surface area (Å²) >= 11 is 0. The molecule has 4 nitrogen and oxygen atoms in total. The van der Waals surface area contributed by atoms with Gasteiger partial charge < -0.3 is 9.80 Å². The van der Waals surface area contributed by atoms with Gasteiger partial charge in [-0.1, -0.05) is 6.08 Å². The maximum absolute atomic E-state index is 10.5. The van der Waals surface area contributed by atoms with E-state index >= 15 is 0 Å². The van der Waals surface area contributed by atoms with Crippen LogP contribution in [0.2, 0.25) is 0 Å². The Morgan fingerprint density at radius 3 is 2.47 bits per heavy atom. The van der Waals surface area contributed by atoms with Crippen LogP contribution in [-0.2, 0) is 4.79 Å². The molecular weight excluding hydrogens is 190 g/mol. The lowest BCUT2D eigenvalue weighted by Crippen LogP contribution is -2.44. The van der Waals surface area contributed by atoms with Gasteiger partial charge in [-0.2, -0.15) is 0 Å². The first-order valence-corrected chi connectivity index (χ1v) is 5.04. The third kappa shape index (κ3) is 3.23. The zero-order valence-electron chi connectivity index (χ0n) is 9.09. The molecule has 0 aromatic carbocycles. The number of aliphatic imine (C=N–C) groups is 1. The molecule has 82 valence electrons. The van der Waals surface area contributed by atoms with Gasteiger partial charge in [0.15, 0.2) is 0 Å². The van der Waals surface area contributed by atoms with Gasteiger partial charge in [0.25, 0.3) is 0 Å². The molecule has 15 heavy (non-hydrogen) atoms. The van der Waals surface area contributed by atoms with Crippen molar-refractivity contribution >= 4 is 13.1 Å². The third-order valence-corrected chi connectivity index (χ3v) is 2.47. The predicted molar refractivity (Wildman–Crippen MR) is 61.7 cm³/mol. The van der Waals surface area contributed by atoms with Crippen molar-refractivity contribution in [1.29, 1.82) is 0 Å². The number of hydrogen-bond acceptors (Lipinski definition) is 3. The van der Waals surface area contributed by atoms with E-state index in [0.717, 1.165) is 38.3 Å². The van der Waals surface area contributed by atoms with Crippen LogP contribution < -0.4 is 0 Å². The van der Waals surface area contributed by atoms with Crippen molar-refractivity contribution in [3.63, 3.8) is 0 Å². The number of hydrogen-bond donors (Lipinski definition) is 0. The van der Waals surface area contributed by atoms with Crippen LogP contribution in [0, 0.1) is 0 Å². The van der Waals surface area contributed by atoms with Crippen LogP contribution in [0.25, 0.3) is 0 Å². The van der Waals surface area contributed by atoms with E-state index in [0.29, 0.717) is 0 Å². The highest BCUT2D eigenvalue weighted by Crippen LogP contribution is 2.09. The molecule has 0 aromatic heterocycles. The van der Waals surface area contributed by atoms with Gasteiger partial charge >= 0.3 is 0 Å². The molecule has 0 atom stereocenters. The Morgan fingerprint density at radius 1 is 1.33 bits per heavy atom. The van der Waals surface area contributed by atoms with Crippen molar-refractivity contribution in [2.45, 2.75) is 6.92 Å². The van der Waals surface area contributed by atoms with E-state index in [2.05, 4.69) is 16.6 Å². The minimum Gasteiger partial charge on any atom is -0.368 e. The van der Waals surface area contributed by atoms with Crippen molar-refractivity contribution in [1.82, 2.24) is 9.80 Å². The van der Waals surface area contributed by atoms with Gasteiger partial charge in [0.05, 0.1) is 0 Å². The summed E-state index contributed by atoms with van der Waals surface area (Å²) in [6.45, 7) is 8.72. The van der Waals surface area contributed by atoms with Crippen LogP contribution in [0.3, 0.4) is 0 Å². The second-order valence-corrected chi connectivity index (χ2v) is 3.34. The number of rotatable bonds is 4. The van der Waals surface area contributed by atoms with E-state index in [1.54, 1.807) is 11.1 Å². The van der Waals surface area contributed by atoms with Gasteiger partial charge in [-0.25, -0.2) is 0 Å². The van der Waals surface area contributed by atoms with E-state index in [1.807, 2.05) is 19.1 Å². The molecule has 0 aromatic rings. The van der Waals surface area contributed by atoms with Crippen LogP contribution in [0.4, 0.5) is 0 Å². The Morgan fingerprint density at radius 2 is 2.00 bits per heavy atom. The highest BCUT2D eigenvalue weighted by Gasteiger charge is 2.15. The second kappa shape index (κ2) is 6.01. The molecule has 0 N–H and O–H groups in total. The van der Waals surface area contributed by atoms with E-state index < -0.39 is 0 Å². The molecule has 1 heterocycles. The fraction of sp³-hybridized carbons (Fsp3) is 0.455. The van der Waals surface area contributed by atoms with Crippen molar-refractivity contribution in [3.8, 4) is 0 Å². The number of amides is 1. The second-order valence-electron chi connectivity index (χ2n) is 3.34. The molecule has 1 rings (SSSR count). The van der Waals surface area contributed by atoms with Gasteiger partial charge in [-0.3, -0.25) is 9.79 Å². The largest absolute Gasteiger partial charge is 0.368 e. The molecular formula is C11H17N3O. The maximum atomic E-state index is 10.5. The van der Waals surface area contributed by atoms with Gasteiger partial charge in [0.1, 0.15) is 0 Å². The van der Waals surface area contributed by atoms with Crippen molar-refractivity contribution < 1.29 is 4.79 Å². The SMILES string of the molecule is C=N/C=C\C(=C/C)N1CCN(C=O)CC1. The normalized spacial score (nSPS) is 18.3. The lowest BCUT2D eigenvalue weighted by Gasteiger charge is -2.34. The molecule has 0 spiro atoms. The molecule has 4 heteroatoms. The first-order chi connectivity index (χ1) is 7.31. The van der Waals surface area contributed by atoms with Crippen LogP contribution in [-0.4, -0.2) is 49.1 Å². The van der Waals surface area contributed by atoms with Gasteiger partial charge in [0, 0.05) is 38.1 Å². The molecule has 1 aliphatic heterocycles. The third-order valence-electron chi connectivity index (χ3n) is 2.47. The number of carbonyl (C=O) groups is 1. The summed E-state index contributed by atoms with van der Waals surface area (Å²) in [7, 11) is 0. The number of nitrogens with zero attached hydrogens (tertiary/aromatic N) is 3. The Balaban J connectivity index is 2.54. The van der Waals surface area contributed by atoms with Crippen LogP contribution in [0.1, 0.15) is 6.92 Å². The first-order valence-electron chi connectivity index (χ1n) is 5.04. The summed E-state index contributed by atoms with van der Waals surface area (Å²) < 4.78 is 0. The fourth-order valence-corrected chi connectivity index (χ4v) is 1.60. The maximum Gasteiger partial charge on any atom is 0.209 e. The topological polar surface area (TPSA) is 35.9 Å².